The second-order valence-corrected chi connectivity index (χ2v) is 5.49. The second kappa shape index (κ2) is 6.01. The Morgan fingerprint density at radius 2 is 1.78 bits per heavy atom. The van der Waals surface area contributed by atoms with E-state index in [0.29, 0.717) is 11.6 Å². The molecule has 0 saturated carbocycles. The first-order valence-electron chi connectivity index (χ1n) is 5.21. The van der Waals surface area contributed by atoms with Gasteiger partial charge in [-0.25, -0.2) is 0 Å². The zero-order valence-electron chi connectivity index (χ0n) is 9.51. The van der Waals surface area contributed by atoms with Crippen LogP contribution in [0.5, 0.6) is 0 Å². The molecular formula is C11H12BrN5S. The van der Waals surface area contributed by atoms with Gasteiger partial charge in [0.25, 0.3) is 0 Å². The molecule has 0 fully saturated rings. The molecule has 1 aromatic carbocycles. The molecule has 0 unspecified atom stereocenters. The van der Waals surface area contributed by atoms with Gasteiger partial charge < -0.3 is 11.5 Å². The van der Waals surface area contributed by atoms with Crippen LogP contribution in [0.1, 0.15) is 11.4 Å². The summed E-state index contributed by atoms with van der Waals surface area (Å²) in [6, 6.07) is 8.18. The van der Waals surface area contributed by atoms with Crippen molar-refractivity contribution in [2.45, 2.75) is 11.5 Å². The smallest absolute Gasteiger partial charge is 0.225 e. The number of halogens is 1. The average Bonchev–Trinajstić information content (AvgIpc) is 2.27. The third-order valence-electron chi connectivity index (χ3n) is 2.11. The van der Waals surface area contributed by atoms with E-state index in [4.69, 9.17) is 11.5 Å². The first-order valence-corrected chi connectivity index (χ1v) is 7.16. The van der Waals surface area contributed by atoms with Crippen molar-refractivity contribution in [3.63, 3.8) is 0 Å². The maximum atomic E-state index is 5.50. The summed E-state index contributed by atoms with van der Waals surface area (Å²) in [5.74, 6) is 2.48. The average molecular weight is 326 g/mol. The fourth-order valence-electron chi connectivity index (χ4n) is 1.41. The number of hydrogen-bond donors (Lipinski definition) is 2. The first kappa shape index (κ1) is 13.1. The molecule has 2 aromatic rings. The van der Waals surface area contributed by atoms with Crippen LogP contribution in [0, 0.1) is 0 Å². The number of thioether (sulfide) groups is 1. The van der Waals surface area contributed by atoms with E-state index in [2.05, 4.69) is 43.0 Å². The van der Waals surface area contributed by atoms with Crippen LogP contribution in [-0.2, 0) is 11.5 Å². The molecule has 1 heterocycles. The van der Waals surface area contributed by atoms with Gasteiger partial charge in [0.15, 0.2) is 0 Å². The van der Waals surface area contributed by atoms with Crippen molar-refractivity contribution < 1.29 is 0 Å². The minimum absolute atomic E-state index is 0.167. The molecule has 18 heavy (non-hydrogen) atoms. The maximum absolute atomic E-state index is 5.50. The molecule has 0 bridgehead atoms. The lowest BCUT2D eigenvalue weighted by atomic mass is 10.2. The number of anilines is 2. The quantitative estimate of drug-likeness (QED) is 0.895. The second-order valence-electron chi connectivity index (χ2n) is 3.59. The first-order chi connectivity index (χ1) is 8.63. The fourth-order valence-corrected chi connectivity index (χ4v) is 2.68. The van der Waals surface area contributed by atoms with Crippen molar-refractivity contribution in [3.8, 4) is 0 Å². The highest BCUT2D eigenvalue weighted by molar-refractivity contribution is 9.10. The summed E-state index contributed by atoms with van der Waals surface area (Å²) < 4.78 is 1.08. The van der Waals surface area contributed by atoms with Crippen LogP contribution in [0.15, 0.2) is 28.7 Å². The van der Waals surface area contributed by atoms with Crippen molar-refractivity contribution >= 4 is 39.6 Å². The molecule has 0 atom stereocenters. The van der Waals surface area contributed by atoms with E-state index in [9.17, 15) is 0 Å². The zero-order valence-corrected chi connectivity index (χ0v) is 11.9. The Kier molecular flexibility index (Phi) is 4.38. The third-order valence-corrected chi connectivity index (χ3v) is 3.60. The minimum Gasteiger partial charge on any atom is -0.368 e. The van der Waals surface area contributed by atoms with Crippen molar-refractivity contribution in [3.05, 3.63) is 40.1 Å². The van der Waals surface area contributed by atoms with E-state index < -0.39 is 0 Å². The molecule has 5 nitrogen and oxygen atoms in total. The van der Waals surface area contributed by atoms with Crippen LogP contribution < -0.4 is 11.5 Å². The van der Waals surface area contributed by atoms with Gasteiger partial charge in [-0.15, -0.1) is 11.8 Å². The van der Waals surface area contributed by atoms with Gasteiger partial charge in [-0.2, -0.15) is 15.0 Å². The van der Waals surface area contributed by atoms with E-state index in [1.165, 1.54) is 5.56 Å². The summed E-state index contributed by atoms with van der Waals surface area (Å²) in [6.07, 6.45) is 0. The maximum Gasteiger partial charge on any atom is 0.225 e. The largest absolute Gasteiger partial charge is 0.368 e. The summed E-state index contributed by atoms with van der Waals surface area (Å²) in [5.41, 5.74) is 12.2. The van der Waals surface area contributed by atoms with Crippen molar-refractivity contribution in [2.24, 2.45) is 0 Å². The Hall–Kier alpha value is -1.34. The van der Waals surface area contributed by atoms with Gasteiger partial charge in [0.1, 0.15) is 5.82 Å². The molecular weight excluding hydrogens is 314 g/mol. The van der Waals surface area contributed by atoms with Gasteiger partial charge in [-0.3, -0.25) is 0 Å². The molecule has 0 aliphatic carbocycles. The minimum atomic E-state index is 0.167. The number of nitrogens with two attached hydrogens (primary N) is 2. The SMILES string of the molecule is Nc1nc(N)nc(CSCc2cccc(Br)c2)n1. The molecule has 2 rings (SSSR count). The number of nitrogen functional groups attached to an aromatic ring is 2. The molecule has 4 N–H and O–H groups in total. The number of hydrogen-bond acceptors (Lipinski definition) is 6. The molecule has 0 radical (unpaired) electrons. The molecule has 94 valence electrons. The third kappa shape index (κ3) is 3.85. The Morgan fingerprint density at radius 1 is 1.06 bits per heavy atom. The van der Waals surface area contributed by atoms with Crippen LogP contribution in [0.25, 0.3) is 0 Å². The Bertz CT molecular complexity index is 528. The predicted octanol–water partition coefficient (Wildman–Crippen LogP) is 2.23. The predicted molar refractivity (Wildman–Crippen MR) is 77.8 cm³/mol. The van der Waals surface area contributed by atoms with Crippen LogP contribution in [-0.4, -0.2) is 15.0 Å². The molecule has 0 spiro atoms. The normalized spacial score (nSPS) is 10.5. The van der Waals surface area contributed by atoms with Crippen LogP contribution in [0.3, 0.4) is 0 Å². The van der Waals surface area contributed by atoms with E-state index in [1.807, 2.05) is 12.1 Å². The number of rotatable bonds is 4. The van der Waals surface area contributed by atoms with Crippen molar-refractivity contribution in [1.82, 2.24) is 15.0 Å². The molecule has 7 heteroatoms. The monoisotopic (exact) mass is 325 g/mol. The highest BCUT2D eigenvalue weighted by atomic mass is 79.9. The standard InChI is InChI=1S/C11H12BrN5S/c12-8-3-1-2-7(4-8)5-18-6-9-15-10(13)17-11(14)16-9/h1-4H,5-6H2,(H4,13,14,15,16,17). The molecule has 0 aliphatic heterocycles. The van der Waals surface area contributed by atoms with E-state index in [-0.39, 0.29) is 11.9 Å². The van der Waals surface area contributed by atoms with Crippen molar-refractivity contribution in [1.29, 1.82) is 0 Å². The lowest BCUT2D eigenvalue weighted by Crippen LogP contribution is -2.06. The summed E-state index contributed by atoms with van der Waals surface area (Å²) >= 11 is 5.14. The van der Waals surface area contributed by atoms with Crippen LogP contribution in [0.2, 0.25) is 0 Å². The molecule has 0 saturated heterocycles. The highest BCUT2D eigenvalue weighted by Gasteiger charge is 2.02. The lowest BCUT2D eigenvalue weighted by Gasteiger charge is -2.03. The summed E-state index contributed by atoms with van der Waals surface area (Å²) in [4.78, 5) is 11.8. The number of nitrogens with zero attached hydrogens (tertiary/aromatic N) is 3. The lowest BCUT2D eigenvalue weighted by molar-refractivity contribution is 0.987. The Morgan fingerprint density at radius 3 is 2.44 bits per heavy atom. The van der Waals surface area contributed by atoms with E-state index in [1.54, 1.807) is 11.8 Å². The van der Waals surface area contributed by atoms with Crippen LogP contribution in [0.4, 0.5) is 11.9 Å². The van der Waals surface area contributed by atoms with Gasteiger partial charge >= 0.3 is 0 Å². The van der Waals surface area contributed by atoms with Crippen molar-refractivity contribution in [2.75, 3.05) is 11.5 Å². The van der Waals surface area contributed by atoms with E-state index in [0.717, 1.165) is 10.2 Å². The Labute approximate surface area is 118 Å². The molecule has 1 aromatic heterocycles. The van der Waals surface area contributed by atoms with Gasteiger partial charge in [0.2, 0.25) is 11.9 Å². The van der Waals surface area contributed by atoms with Gasteiger partial charge in [-0.05, 0) is 17.7 Å². The van der Waals surface area contributed by atoms with Gasteiger partial charge in [0.05, 0.1) is 5.75 Å². The Balaban J connectivity index is 1.92. The van der Waals surface area contributed by atoms with Gasteiger partial charge in [-0.1, -0.05) is 28.1 Å². The molecule has 0 aliphatic rings. The molecule has 0 amide bonds. The highest BCUT2D eigenvalue weighted by Crippen LogP contribution is 2.19. The number of aromatic nitrogens is 3. The zero-order chi connectivity index (χ0) is 13.0. The van der Waals surface area contributed by atoms with Crippen LogP contribution >= 0.6 is 27.7 Å². The summed E-state index contributed by atoms with van der Waals surface area (Å²) in [5, 5.41) is 0. The summed E-state index contributed by atoms with van der Waals surface area (Å²) in [7, 11) is 0. The fraction of sp³-hybridized carbons (Fsp3) is 0.182. The van der Waals surface area contributed by atoms with Gasteiger partial charge in [0, 0.05) is 10.2 Å². The topological polar surface area (TPSA) is 90.7 Å². The summed E-state index contributed by atoms with van der Waals surface area (Å²) in [6.45, 7) is 0. The number of benzene rings is 1. The van der Waals surface area contributed by atoms with E-state index >= 15 is 0 Å².